The Bertz CT molecular complexity index is 660. The van der Waals surface area contributed by atoms with Gasteiger partial charge in [-0.3, -0.25) is 9.78 Å². The van der Waals surface area contributed by atoms with Crippen LogP contribution in [0.2, 0.25) is 0 Å². The minimum Gasteiger partial charge on any atom is -0.395 e. The molecule has 0 saturated carbocycles. The van der Waals surface area contributed by atoms with Crippen molar-refractivity contribution in [2.75, 3.05) is 19.8 Å². The molecule has 23 heavy (non-hydrogen) atoms. The highest BCUT2D eigenvalue weighted by Crippen LogP contribution is 2.29. The summed E-state index contributed by atoms with van der Waals surface area (Å²) in [6, 6.07) is 11.6. The molecule has 0 radical (unpaired) electrons. The van der Waals surface area contributed by atoms with Crippen molar-refractivity contribution in [3.8, 4) is 0 Å². The Hall–Kier alpha value is -2.24. The van der Waals surface area contributed by atoms with Gasteiger partial charge in [0.15, 0.2) is 6.10 Å². The number of aliphatic hydroxyl groups excluding tert-OH is 1. The first-order chi connectivity index (χ1) is 11.3. The Kier molecular flexibility index (Phi) is 5.00. The highest BCUT2D eigenvalue weighted by Gasteiger charge is 2.30. The predicted molar refractivity (Wildman–Crippen MR) is 85.6 cm³/mol. The Morgan fingerprint density at radius 1 is 1.30 bits per heavy atom. The highest BCUT2D eigenvalue weighted by atomic mass is 16.5. The zero-order valence-corrected chi connectivity index (χ0v) is 12.9. The molecule has 1 atom stereocenters. The second-order valence-electron chi connectivity index (χ2n) is 5.54. The molecule has 2 aromatic rings. The summed E-state index contributed by atoms with van der Waals surface area (Å²) in [4.78, 5) is 18.6. The average Bonchev–Trinajstić information content (AvgIpc) is 2.61. The lowest BCUT2D eigenvalue weighted by atomic mass is 9.96. The van der Waals surface area contributed by atoms with Gasteiger partial charge in [0.05, 0.1) is 13.2 Å². The number of rotatable bonds is 5. The number of carbonyl (C=O) groups excluding carboxylic acids is 1. The van der Waals surface area contributed by atoms with Gasteiger partial charge in [-0.2, -0.15) is 0 Å². The number of fused-ring (bicyclic) bond motifs is 1. The molecule has 2 heterocycles. The lowest BCUT2D eigenvalue weighted by Crippen LogP contribution is -2.39. The Morgan fingerprint density at radius 3 is 2.96 bits per heavy atom. The molecule has 5 heteroatoms. The number of hydrogen-bond acceptors (Lipinski definition) is 4. The van der Waals surface area contributed by atoms with Gasteiger partial charge >= 0.3 is 0 Å². The first-order valence-corrected chi connectivity index (χ1v) is 7.77. The summed E-state index contributed by atoms with van der Waals surface area (Å²) < 4.78 is 5.74. The van der Waals surface area contributed by atoms with E-state index in [0.717, 1.165) is 23.1 Å². The lowest BCUT2D eigenvalue weighted by Gasteiger charge is -2.30. The SMILES string of the molecule is O=C(C1OCCc2ccccc21)N(CCO)Cc1cccnc1. The van der Waals surface area contributed by atoms with Gasteiger partial charge in [-0.1, -0.05) is 30.3 Å². The summed E-state index contributed by atoms with van der Waals surface area (Å²) in [5.74, 6) is -0.116. The van der Waals surface area contributed by atoms with Crippen LogP contribution in [0.3, 0.4) is 0 Å². The number of carbonyl (C=O) groups is 1. The van der Waals surface area contributed by atoms with Gasteiger partial charge in [0.25, 0.3) is 5.91 Å². The van der Waals surface area contributed by atoms with Crippen LogP contribution in [0.4, 0.5) is 0 Å². The number of hydrogen-bond donors (Lipinski definition) is 1. The number of amides is 1. The Morgan fingerprint density at radius 2 is 2.17 bits per heavy atom. The van der Waals surface area contributed by atoms with Crippen LogP contribution in [-0.4, -0.2) is 40.7 Å². The van der Waals surface area contributed by atoms with Crippen LogP contribution in [0.15, 0.2) is 48.8 Å². The van der Waals surface area contributed by atoms with Crippen molar-refractivity contribution < 1.29 is 14.6 Å². The van der Waals surface area contributed by atoms with E-state index in [0.29, 0.717) is 13.2 Å². The summed E-state index contributed by atoms with van der Waals surface area (Å²) in [7, 11) is 0. The van der Waals surface area contributed by atoms with E-state index in [9.17, 15) is 9.90 Å². The Balaban J connectivity index is 1.82. The van der Waals surface area contributed by atoms with Gasteiger partial charge in [0, 0.05) is 25.5 Å². The van der Waals surface area contributed by atoms with Crippen molar-refractivity contribution in [2.24, 2.45) is 0 Å². The van der Waals surface area contributed by atoms with Crippen LogP contribution >= 0.6 is 0 Å². The molecule has 1 aliphatic heterocycles. The fourth-order valence-corrected chi connectivity index (χ4v) is 2.86. The number of nitrogens with zero attached hydrogens (tertiary/aromatic N) is 2. The van der Waals surface area contributed by atoms with Gasteiger partial charge in [0.1, 0.15) is 0 Å². The maximum Gasteiger partial charge on any atom is 0.256 e. The second kappa shape index (κ2) is 7.35. The second-order valence-corrected chi connectivity index (χ2v) is 5.54. The van der Waals surface area contributed by atoms with E-state index in [1.165, 1.54) is 0 Å². The van der Waals surface area contributed by atoms with Gasteiger partial charge in [-0.25, -0.2) is 0 Å². The van der Waals surface area contributed by atoms with Crippen LogP contribution in [0.25, 0.3) is 0 Å². The van der Waals surface area contributed by atoms with Crippen molar-refractivity contribution in [3.63, 3.8) is 0 Å². The standard InChI is InChI=1S/C18H20N2O3/c21-10-9-20(13-14-4-3-8-19-12-14)18(22)17-16-6-2-1-5-15(16)7-11-23-17/h1-6,8,12,17,21H,7,9-11,13H2. The molecule has 120 valence electrons. The fraction of sp³-hybridized carbons (Fsp3) is 0.333. The first kappa shape index (κ1) is 15.6. The molecule has 0 bridgehead atoms. The number of pyridine rings is 1. The van der Waals surface area contributed by atoms with E-state index in [-0.39, 0.29) is 19.1 Å². The van der Waals surface area contributed by atoms with E-state index in [1.54, 1.807) is 17.3 Å². The summed E-state index contributed by atoms with van der Waals surface area (Å²) in [6.45, 7) is 1.14. The summed E-state index contributed by atoms with van der Waals surface area (Å²) in [6.07, 6.45) is 3.65. The quantitative estimate of drug-likeness (QED) is 0.913. The van der Waals surface area contributed by atoms with Gasteiger partial charge in [-0.05, 0) is 29.2 Å². The summed E-state index contributed by atoms with van der Waals surface area (Å²) in [5.41, 5.74) is 3.01. The normalized spacial score (nSPS) is 16.7. The third-order valence-electron chi connectivity index (χ3n) is 4.00. The number of aliphatic hydroxyl groups is 1. The molecule has 1 amide bonds. The zero-order chi connectivity index (χ0) is 16.1. The molecule has 3 rings (SSSR count). The van der Waals surface area contributed by atoms with Crippen LogP contribution in [0.1, 0.15) is 22.8 Å². The monoisotopic (exact) mass is 312 g/mol. The molecule has 0 aliphatic carbocycles. The van der Waals surface area contributed by atoms with Gasteiger partial charge in [-0.15, -0.1) is 0 Å². The van der Waals surface area contributed by atoms with E-state index in [1.807, 2.05) is 36.4 Å². The largest absolute Gasteiger partial charge is 0.395 e. The molecule has 1 aliphatic rings. The van der Waals surface area contributed by atoms with Crippen LogP contribution in [0.5, 0.6) is 0 Å². The number of ether oxygens (including phenoxy) is 1. The van der Waals surface area contributed by atoms with Crippen LogP contribution in [0, 0.1) is 0 Å². The smallest absolute Gasteiger partial charge is 0.256 e. The molecular weight excluding hydrogens is 292 g/mol. The fourth-order valence-electron chi connectivity index (χ4n) is 2.86. The van der Waals surface area contributed by atoms with E-state index >= 15 is 0 Å². The average molecular weight is 312 g/mol. The first-order valence-electron chi connectivity index (χ1n) is 7.77. The molecular formula is C18H20N2O3. The summed E-state index contributed by atoms with van der Waals surface area (Å²) in [5, 5.41) is 9.31. The minimum atomic E-state index is -0.594. The van der Waals surface area contributed by atoms with Crippen molar-refractivity contribution in [1.82, 2.24) is 9.88 Å². The topological polar surface area (TPSA) is 62.7 Å². The molecule has 0 spiro atoms. The third kappa shape index (κ3) is 3.57. The molecule has 1 N–H and O–H groups in total. The maximum absolute atomic E-state index is 12.9. The predicted octanol–water partition coefficient (Wildman–Crippen LogP) is 1.72. The van der Waals surface area contributed by atoms with Crippen LogP contribution < -0.4 is 0 Å². The zero-order valence-electron chi connectivity index (χ0n) is 12.9. The van der Waals surface area contributed by atoms with E-state index in [2.05, 4.69) is 4.98 Å². The van der Waals surface area contributed by atoms with E-state index < -0.39 is 6.10 Å². The number of benzene rings is 1. The van der Waals surface area contributed by atoms with Crippen molar-refractivity contribution >= 4 is 5.91 Å². The van der Waals surface area contributed by atoms with Crippen molar-refractivity contribution in [1.29, 1.82) is 0 Å². The molecule has 1 aromatic carbocycles. The van der Waals surface area contributed by atoms with Crippen LogP contribution in [-0.2, 0) is 22.5 Å². The minimum absolute atomic E-state index is 0.0830. The maximum atomic E-state index is 12.9. The lowest BCUT2D eigenvalue weighted by molar-refractivity contribution is -0.146. The third-order valence-corrected chi connectivity index (χ3v) is 4.00. The highest BCUT2D eigenvalue weighted by molar-refractivity contribution is 5.83. The van der Waals surface area contributed by atoms with Gasteiger partial charge < -0.3 is 14.7 Å². The van der Waals surface area contributed by atoms with Gasteiger partial charge in [0.2, 0.25) is 0 Å². The molecule has 1 unspecified atom stereocenters. The Labute approximate surface area is 135 Å². The molecule has 0 saturated heterocycles. The molecule has 1 aromatic heterocycles. The van der Waals surface area contributed by atoms with Crippen molar-refractivity contribution in [3.05, 3.63) is 65.5 Å². The molecule has 5 nitrogen and oxygen atoms in total. The number of aromatic nitrogens is 1. The van der Waals surface area contributed by atoms with E-state index in [4.69, 9.17) is 4.74 Å². The van der Waals surface area contributed by atoms with Crippen molar-refractivity contribution in [2.45, 2.75) is 19.1 Å². The summed E-state index contributed by atoms with van der Waals surface area (Å²) >= 11 is 0. The molecule has 0 fully saturated rings.